The quantitative estimate of drug-likeness (QED) is 0.821. The van der Waals surface area contributed by atoms with Crippen molar-refractivity contribution in [2.45, 2.75) is 37.1 Å². The lowest BCUT2D eigenvalue weighted by Gasteiger charge is -2.40. The lowest BCUT2D eigenvalue weighted by Crippen LogP contribution is -2.45. The van der Waals surface area contributed by atoms with E-state index in [9.17, 15) is 4.79 Å². The maximum atomic E-state index is 12.8. The SMILES string of the molecule is COc1ccccc1C(=O)NCC1(c2ccccc2OC)CCC(N)CC1. The van der Waals surface area contributed by atoms with Crippen LogP contribution < -0.4 is 20.5 Å². The Labute approximate surface area is 160 Å². The molecule has 3 N–H and O–H groups in total. The third kappa shape index (κ3) is 4.08. The second-order valence-corrected chi connectivity index (χ2v) is 7.20. The van der Waals surface area contributed by atoms with Gasteiger partial charge in [0.15, 0.2) is 0 Å². The van der Waals surface area contributed by atoms with Gasteiger partial charge in [0.1, 0.15) is 11.5 Å². The molecule has 1 saturated carbocycles. The topological polar surface area (TPSA) is 73.6 Å². The van der Waals surface area contributed by atoms with Crippen LogP contribution in [0.2, 0.25) is 0 Å². The van der Waals surface area contributed by atoms with Gasteiger partial charge in [0.2, 0.25) is 0 Å². The first-order chi connectivity index (χ1) is 13.1. The molecule has 2 aromatic carbocycles. The Hall–Kier alpha value is -2.53. The molecule has 1 aliphatic carbocycles. The molecule has 0 bridgehead atoms. The maximum Gasteiger partial charge on any atom is 0.255 e. The number of amides is 1. The summed E-state index contributed by atoms with van der Waals surface area (Å²) in [6, 6.07) is 15.6. The van der Waals surface area contributed by atoms with Crippen LogP contribution >= 0.6 is 0 Å². The molecular formula is C22H28N2O3. The van der Waals surface area contributed by atoms with Crippen molar-refractivity contribution >= 4 is 5.91 Å². The highest BCUT2D eigenvalue weighted by Gasteiger charge is 2.38. The summed E-state index contributed by atoms with van der Waals surface area (Å²) in [5.74, 6) is 1.31. The van der Waals surface area contributed by atoms with E-state index < -0.39 is 0 Å². The van der Waals surface area contributed by atoms with Gasteiger partial charge in [-0.2, -0.15) is 0 Å². The second kappa shape index (κ2) is 8.44. The van der Waals surface area contributed by atoms with E-state index >= 15 is 0 Å². The van der Waals surface area contributed by atoms with E-state index in [-0.39, 0.29) is 17.4 Å². The van der Waals surface area contributed by atoms with Crippen molar-refractivity contribution in [2.75, 3.05) is 20.8 Å². The van der Waals surface area contributed by atoms with Crippen LogP contribution in [0, 0.1) is 0 Å². The summed E-state index contributed by atoms with van der Waals surface area (Å²) in [5.41, 5.74) is 7.66. The Balaban J connectivity index is 1.85. The van der Waals surface area contributed by atoms with E-state index in [1.807, 2.05) is 30.3 Å². The number of methoxy groups -OCH3 is 2. The average Bonchev–Trinajstić information content (AvgIpc) is 2.73. The first kappa shape index (κ1) is 19.2. The zero-order chi connectivity index (χ0) is 19.3. The van der Waals surface area contributed by atoms with Crippen LogP contribution in [-0.2, 0) is 5.41 Å². The largest absolute Gasteiger partial charge is 0.496 e. The van der Waals surface area contributed by atoms with E-state index in [1.165, 1.54) is 0 Å². The summed E-state index contributed by atoms with van der Waals surface area (Å²) < 4.78 is 10.9. The maximum absolute atomic E-state index is 12.8. The first-order valence-electron chi connectivity index (χ1n) is 9.40. The van der Waals surface area contributed by atoms with Crippen LogP contribution in [0.15, 0.2) is 48.5 Å². The number of ether oxygens (including phenoxy) is 2. The molecule has 0 aliphatic heterocycles. The van der Waals surface area contributed by atoms with Gasteiger partial charge >= 0.3 is 0 Å². The van der Waals surface area contributed by atoms with Crippen LogP contribution in [0.5, 0.6) is 11.5 Å². The van der Waals surface area contributed by atoms with Gasteiger partial charge in [-0.05, 0) is 43.9 Å². The number of carbonyl (C=O) groups is 1. The van der Waals surface area contributed by atoms with Crippen LogP contribution in [0.4, 0.5) is 0 Å². The van der Waals surface area contributed by atoms with Gasteiger partial charge in [0.05, 0.1) is 19.8 Å². The third-order valence-electron chi connectivity index (χ3n) is 5.60. The van der Waals surface area contributed by atoms with Crippen LogP contribution in [-0.4, -0.2) is 32.7 Å². The molecule has 0 spiro atoms. The number of rotatable bonds is 6. The standard InChI is InChI=1S/C22H28N2O3/c1-26-19-9-5-3-7-17(19)21(25)24-15-22(13-11-16(23)12-14-22)18-8-4-6-10-20(18)27-2/h3-10,16H,11-15,23H2,1-2H3,(H,24,25). The van der Waals surface area contributed by atoms with Gasteiger partial charge in [0, 0.05) is 23.6 Å². The molecule has 0 heterocycles. The zero-order valence-corrected chi connectivity index (χ0v) is 16.0. The normalized spacial score (nSPS) is 22.1. The zero-order valence-electron chi connectivity index (χ0n) is 16.0. The third-order valence-corrected chi connectivity index (χ3v) is 5.60. The molecule has 27 heavy (non-hydrogen) atoms. The number of para-hydroxylation sites is 2. The van der Waals surface area contributed by atoms with Crippen molar-refractivity contribution in [3.05, 3.63) is 59.7 Å². The minimum absolute atomic E-state index is 0.128. The fourth-order valence-electron chi connectivity index (χ4n) is 3.99. The number of hydrogen-bond acceptors (Lipinski definition) is 4. The number of benzene rings is 2. The number of hydrogen-bond donors (Lipinski definition) is 2. The Kier molecular flexibility index (Phi) is 6.01. The smallest absolute Gasteiger partial charge is 0.255 e. The van der Waals surface area contributed by atoms with Gasteiger partial charge in [-0.1, -0.05) is 30.3 Å². The molecule has 1 aliphatic rings. The van der Waals surface area contributed by atoms with E-state index in [4.69, 9.17) is 15.2 Å². The summed E-state index contributed by atoms with van der Waals surface area (Å²) in [6.07, 6.45) is 3.70. The number of nitrogens with one attached hydrogen (secondary N) is 1. The number of carbonyl (C=O) groups excluding carboxylic acids is 1. The van der Waals surface area contributed by atoms with Crippen LogP contribution in [0.3, 0.4) is 0 Å². The minimum atomic E-state index is -0.180. The molecular weight excluding hydrogens is 340 g/mol. The Morgan fingerprint density at radius 2 is 1.63 bits per heavy atom. The van der Waals surface area contributed by atoms with Crippen molar-refractivity contribution < 1.29 is 14.3 Å². The summed E-state index contributed by atoms with van der Waals surface area (Å²) in [4.78, 5) is 12.8. The Morgan fingerprint density at radius 3 is 2.30 bits per heavy atom. The monoisotopic (exact) mass is 368 g/mol. The lowest BCUT2D eigenvalue weighted by atomic mass is 9.68. The van der Waals surface area contributed by atoms with Crippen molar-refractivity contribution in [1.29, 1.82) is 0 Å². The highest BCUT2D eigenvalue weighted by atomic mass is 16.5. The van der Waals surface area contributed by atoms with Gasteiger partial charge < -0.3 is 20.5 Å². The molecule has 0 radical (unpaired) electrons. The van der Waals surface area contributed by atoms with Gasteiger partial charge in [-0.3, -0.25) is 4.79 Å². The highest BCUT2D eigenvalue weighted by Crippen LogP contribution is 2.42. The molecule has 2 aromatic rings. The predicted molar refractivity (Wildman–Crippen MR) is 106 cm³/mol. The van der Waals surface area contributed by atoms with E-state index in [2.05, 4.69) is 11.4 Å². The molecule has 0 aromatic heterocycles. The highest BCUT2D eigenvalue weighted by molar-refractivity contribution is 5.97. The molecule has 5 nitrogen and oxygen atoms in total. The van der Waals surface area contributed by atoms with Crippen molar-refractivity contribution in [3.63, 3.8) is 0 Å². The van der Waals surface area contributed by atoms with Gasteiger partial charge in [-0.15, -0.1) is 0 Å². The lowest BCUT2D eigenvalue weighted by molar-refractivity contribution is 0.0932. The fraction of sp³-hybridized carbons (Fsp3) is 0.409. The molecule has 144 valence electrons. The molecule has 1 fully saturated rings. The first-order valence-corrected chi connectivity index (χ1v) is 9.40. The molecule has 0 atom stereocenters. The average molecular weight is 368 g/mol. The fourth-order valence-corrected chi connectivity index (χ4v) is 3.99. The molecule has 1 amide bonds. The van der Waals surface area contributed by atoms with Crippen LogP contribution in [0.25, 0.3) is 0 Å². The predicted octanol–water partition coefficient (Wildman–Crippen LogP) is 3.27. The molecule has 0 saturated heterocycles. The minimum Gasteiger partial charge on any atom is -0.496 e. The van der Waals surface area contributed by atoms with Crippen molar-refractivity contribution in [1.82, 2.24) is 5.32 Å². The van der Waals surface area contributed by atoms with Crippen molar-refractivity contribution in [2.24, 2.45) is 5.73 Å². The number of nitrogens with two attached hydrogens (primary N) is 1. The summed E-state index contributed by atoms with van der Waals surface area (Å²) >= 11 is 0. The molecule has 0 unspecified atom stereocenters. The van der Waals surface area contributed by atoms with Gasteiger partial charge in [0.25, 0.3) is 5.91 Å². The Bertz CT molecular complexity index is 783. The molecule has 5 heteroatoms. The summed E-state index contributed by atoms with van der Waals surface area (Å²) in [6.45, 7) is 0.539. The van der Waals surface area contributed by atoms with Crippen LogP contribution in [0.1, 0.15) is 41.6 Å². The summed E-state index contributed by atoms with van der Waals surface area (Å²) in [5, 5.41) is 3.13. The summed E-state index contributed by atoms with van der Waals surface area (Å²) in [7, 11) is 3.26. The van der Waals surface area contributed by atoms with Crippen molar-refractivity contribution in [3.8, 4) is 11.5 Å². The second-order valence-electron chi connectivity index (χ2n) is 7.20. The van der Waals surface area contributed by atoms with E-state index in [0.29, 0.717) is 17.9 Å². The van der Waals surface area contributed by atoms with Gasteiger partial charge in [-0.25, -0.2) is 0 Å². The molecule has 3 rings (SSSR count). The van der Waals surface area contributed by atoms with E-state index in [1.54, 1.807) is 26.4 Å². The Morgan fingerprint density at radius 1 is 1.04 bits per heavy atom. The van der Waals surface area contributed by atoms with E-state index in [0.717, 1.165) is 37.0 Å².